The molecule has 2 aromatic rings. The van der Waals surface area contributed by atoms with Crippen LogP contribution in [0, 0.1) is 0 Å². The molecule has 6 nitrogen and oxygen atoms in total. The zero-order chi connectivity index (χ0) is 18.2. The highest BCUT2D eigenvalue weighted by atomic mass is 79.9. The lowest BCUT2D eigenvalue weighted by Crippen LogP contribution is -2.31. The normalized spacial score (nSPS) is 10.5. The van der Waals surface area contributed by atoms with Crippen molar-refractivity contribution in [3.63, 3.8) is 0 Å². The molecule has 0 aliphatic rings. The van der Waals surface area contributed by atoms with Gasteiger partial charge in [0.2, 0.25) is 5.89 Å². The van der Waals surface area contributed by atoms with Crippen LogP contribution in [-0.2, 0) is 11.3 Å². The molecule has 134 valence electrons. The lowest BCUT2D eigenvalue weighted by atomic mass is 10.2. The predicted octanol–water partition coefficient (Wildman–Crippen LogP) is 4.06. The summed E-state index contributed by atoms with van der Waals surface area (Å²) in [6.45, 7) is 2.91. The van der Waals surface area contributed by atoms with Crippen molar-refractivity contribution in [1.29, 1.82) is 0 Å². The van der Waals surface area contributed by atoms with Crippen LogP contribution in [0.3, 0.4) is 0 Å². The first-order valence-corrected chi connectivity index (χ1v) is 8.92. The Morgan fingerprint density at radius 3 is 2.60 bits per heavy atom. The number of amides is 1. The van der Waals surface area contributed by atoms with Crippen molar-refractivity contribution >= 4 is 27.8 Å². The summed E-state index contributed by atoms with van der Waals surface area (Å²) in [5, 5.41) is 0. The van der Waals surface area contributed by atoms with Crippen molar-refractivity contribution in [3.8, 4) is 0 Å². The van der Waals surface area contributed by atoms with E-state index in [1.165, 1.54) is 13.4 Å². The van der Waals surface area contributed by atoms with Gasteiger partial charge >= 0.3 is 5.97 Å². The highest BCUT2D eigenvalue weighted by molar-refractivity contribution is 9.10. The molecule has 1 heterocycles. The first-order chi connectivity index (χ1) is 12.0. The molecular weight excluding hydrogens is 388 g/mol. The quantitative estimate of drug-likeness (QED) is 0.486. The van der Waals surface area contributed by atoms with E-state index in [0.29, 0.717) is 18.0 Å². The summed E-state index contributed by atoms with van der Waals surface area (Å²) in [6, 6.07) is 7.21. The molecule has 1 amide bonds. The van der Waals surface area contributed by atoms with Gasteiger partial charge in [-0.05, 0) is 30.7 Å². The molecule has 0 radical (unpaired) electrons. The number of methoxy groups -OCH3 is 1. The van der Waals surface area contributed by atoms with E-state index in [1.54, 1.807) is 17.0 Å². The van der Waals surface area contributed by atoms with Crippen molar-refractivity contribution in [3.05, 3.63) is 52.1 Å². The molecule has 0 saturated carbocycles. The summed E-state index contributed by atoms with van der Waals surface area (Å²) in [5.74, 6) is -0.351. The topological polar surface area (TPSA) is 72.6 Å². The largest absolute Gasteiger partial charge is 0.464 e. The van der Waals surface area contributed by atoms with Gasteiger partial charge in [0.05, 0.1) is 13.7 Å². The minimum absolute atomic E-state index is 0.0959. The molecule has 0 aliphatic carbocycles. The molecule has 0 fully saturated rings. The maximum Gasteiger partial charge on any atom is 0.360 e. The van der Waals surface area contributed by atoms with E-state index in [-0.39, 0.29) is 18.1 Å². The van der Waals surface area contributed by atoms with Crippen LogP contribution < -0.4 is 0 Å². The predicted molar refractivity (Wildman–Crippen MR) is 96.3 cm³/mol. The van der Waals surface area contributed by atoms with Crippen LogP contribution in [0.25, 0.3) is 0 Å². The van der Waals surface area contributed by atoms with Gasteiger partial charge in [-0.2, -0.15) is 0 Å². The van der Waals surface area contributed by atoms with Crippen molar-refractivity contribution in [2.75, 3.05) is 13.7 Å². The number of halogens is 1. The second-order valence-corrected chi connectivity index (χ2v) is 6.47. The lowest BCUT2D eigenvalue weighted by molar-refractivity contribution is 0.0594. The van der Waals surface area contributed by atoms with Crippen LogP contribution in [0.5, 0.6) is 0 Å². The number of aromatic nitrogens is 1. The van der Waals surface area contributed by atoms with E-state index in [4.69, 9.17) is 4.42 Å². The molecule has 7 heteroatoms. The first kappa shape index (κ1) is 19.2. The molecule has 0 saturated heterocycles. The van der Waals surface area contributed by atoms with Crippen molar-refractivity contribution in [2.45, 2.75) is 32.7 Å². The smallest absolute Gasteiger partial charge is 0.360 e. The number of hydrogen-bond acceptors (Lipinski definition) is 5. The van der Waals surface area contributed by atoms with Crippen molar-refractivity contribution < 1.29 is 18.7 Å². The molecule has 0 bridgehead atoms. The Balaban J connectivity index is 2.14. The van der Waals surface area contributed by atoms with Crippen LogP contribution in [-0.4, -0.2) is 35.4 Å². The number of carbonyl (C=O) groups is 2. The fraction of sp³-hybridized carbons (Fsp3) is 0.389. The number of nitrogens with zero attached hydrogens (tertiary/aromatic N) is 2. The third-order valence-electron chi connectivity index (χ3n) is 3.68. The second-order valence-electron chi connectivity index (χ2n) is 5.56. The van der Waals surface area contributed by atoms with E-state index in [2.05, 4.69) is 32.6 Å². The fourth-order valence-corrected chi connectivity index (χ4v) is 2.59. The summed E-state index contributed by atoms with van der Waals surface area (Å²) in [5.41, 5.74) is 0.696. The summed E-state index contributed by atoms with van der Waals surface area (Å²) in [4.78, 5) is 30.1. The van der Waals surface area contributed by atoms with Gasteiger partial charge in [-0.25, -0.2) is 9.78 Å². The zero-order valence-corrected chi connectivity index (χ0v) is 15.9. The molecule has 0 N–H and O–H groups in total. The van der Waals surface area contributed by atoms with Gasteiger partial charge in [0.25, 0.3) is 5.91 Å². The second kappa shape index (κ2) is 9.36. The van der Waals surface area contributed by atoms with Crippen LogP contribution in [0.1, 0.15) is 52.9 Å². The molecule has 1 aromatic carbocycles. The Bertz CT molecular complexity index is 712. The van der Waals surface area contributed by atoms with Gasteiger partial charge < -0.3 is 14.1 Å². The standard InChI is InChI=1S/C18H21BrN2O4/c1-3-4-5-10-21(17(22)13-6-8-14(19)9-7-13)11-16-20-15(12-25-16)18(23)24-2/h6-9,12H,3-5,10-11H2,1-2H3. The fourth-order valence-electron chi connectivity index (χ4n) is 2.33. The summed E-state index contributed by atoms with van der Waals surface area (Å²) in [7, 11) is 1.28. The van der Waals surface area contributed by atoms with E-state index in [0.717, 1.165) is 23.7 Å². The molecule has 0 atom stereocenters. The summed E-state index contributed by atoms with van der Waals surface area (Å²) >= 11 is 3.37. The SMILES string of the molecule is CCCCCN(Cc1nc(C(=O)OC)co1)C(=O)c1ccc(Br)cc1. The van der Waals surface area contributed by atoms with Crippen molar-refractivity contribution in [2.24, 2.45) is 0 Å². The Morgan fingerprint density at radius 1 is 1.24 bits per heavy atom. The number of oxazole rings is 1. The number of unbranched alkanes of at least 4 members (excludes halogenated alkanes) is 2. The number of carbonyl (C=O) groups excluding carboxylic acids is 2. The highest BCUT2D eigenvalue weighted by Crippen LogP contribution is 2.15. The van der Waals surface area contributed by atoms with Gasteiger partial charge in [0.1, 0.15) is 6.26 Å². The molecule has 0 spiro atoms. The average molecular weight is 409 g/mol. The molecular formula is C18H21BrN2O4. The monoisotopic (exact) mass is 408 g/mol. The Morgan fingerprint density at radius 2 is 1.96 bits per heavy atom. The molecule has 2 rings (SSSR count). The minimum Gasteiger partial charge on any atom is -0.464 e. The van der Waals surface area contributed by atoms with E-state index in [9.17, 15) is 9.59 Å². The molecule has 25 heavy (non-hydrogen) atoms. The van der Waals surface area contributed by atoms with Gasteiger partial charge in [-0.3, -0.25) is 4.79 Å². The third kappa shape index (κ3) is 5.42. The molecule has 0 unspecified atom stereocenters. The number of rotatable bonds is 8. The van der Waals surface area contributed by atoms with Crippen LogP contribution in [0.4, 0.5) is 0 Å². The van der Waals surface area contributed by atoms with Crippen LogP contribution in [0.15, 0.2) is 39.4 Å². The number of ether oxygens (including phenoxy) is 1. The van der Waals surface area contributed by atoms with E-state index in [1.807, 2.05) is 12.1 Å². The van der Waals surface area contributed by atoms with Gasteiger partial charge in [0, 0.05) is 16.6 Å². The van der Waals surface area contributed by atoms with Crippen LogP contribution >= 0.6 is 15.9 Å². The lowest BCUT2D eigenvalue weighted by Gasteiger charge is -2.21. The number of esters is 1. The summed E-state index contributed by atoms with van der Waals surface area (Å²) < 4.78 is 10.8. The van der Waals surface area contributed by atoms with Crippen molar-refractivity contribution in [1.82, 2.24) is 9.88 Å². The highest BCUT2D eigenvalue weighted by Gasteiger charge is 2.20. The first-order valence-electron chi connectivity index (χ1n) is 8.12. The summed E-state index contributed by atoms with van der Waals surface area (Å²) in [6.07, 6.45) is 4.23. The maximum atomic E-state index is 12.8. The minimum atomic E-state index is -0.563. The average Bonchev–Trinajstić information content (AvgIpc) is 3.09. The van der Waals surface area contributed by atoms with Gasteiger partial charge in [-0.1, -0.05) is 35.7 Å². The zero-order valence-electron chi connectivity index (χ0n) is 14.3. The third-order valence-corrected chi connectivity index (χ3v) is 4.21. The molecule has 1 aromatic heterocycles. The van der Waals surface area contributed by atoms with Gasteiger partial charge in [0.15, 0.2) is 5.69 Å². The Kier molecular flexibility index (Phi) is 7.18. The number of hydrogen-bond donors (Lipinski definition) is 0. The number of benzene rings is 1. The van der Waals surface area contributed by atoms with E-state index < -0.39 is 5.97 Å². The Hall–Kier alpha value is -2.15. The molecule has 0 aliphatic heterocycles. The van der Waals surface area contributed by atoms with Crippen LogP contribution in [0.2, 0.25) is 0 Å². The maximum absolute atomic E-state index is 12.8. The van der Waals surface area contributed by atoms with E-state index >= 15 is 0 Å². The Labute approximate surface area is 155 Å². The van der Waals surface area contributed by atoms with Gasteiger partial charge in [-0.15, -0.1) is 0 Å².